The van der Waals surface area contributed by atoms with E-state index in [4.69, 9.17) is 0 Å². The maximum Gasteiger partial charge on any atom is 2.00 e. The quantitative estimate of drug-likeness (QED) is 0.577. The molecule has 18 heavy (non-hydrogen) atoms. The molecule has 104 valence electrons. The van der Waals surface area contributed by atoms with Gasteiger partial charge in [-0.2, -0.15) is 0 Å². The molecule has 0 heterocycles. The molecule has 4 nitrogen and oxygen atoms in total. The Morgan fingerprint density at radius 1 is 0.500 bits per heavy atom. The predicted octanol–water partition coefficient (Wildman–Crippen LogP) is -1.73. The molecule has 0 aliphatic heterocycles. The summed E-state index contributed by atoms with van der Waals surface area (Å²) in [5.41, 5.74) is 0. The van der Waals surface area contributed by atoms with Crippen molar-refractivity contribution < 1.29 is 20.4 Å². The molecule has 0 N–H and O–H groups in total. The van der Waals surface area contributed by atoms with Crippen molar-refractivity contribution in [1.29, 1.82) is 0 Å². The van der Waals surface area contributed by atoms with Crippen molar-refractivity contribution in [3.05, 3.63) is 0 Å². The molecule has 0 atom stereocenters. The maximum atomic E-state index is 9.30. The Labute approximate surface area is 159 Å². The molecule has 0 aliphatic rings. The molecule has 0 aromatic carbocycles. The molecular weight excluding hydrogens is 273 g/mol. The van der Waals surface area contributed by atoms with Crippen LogP contribution in [0.1, 0.15) is 53.4 Å². The third kappa shape index (κ3) is 148. The van der Waals surface area contributed by atoms with Crippen LogP contribution in [-0.4, -0.2) is 87.2 Å². The van der Waals surface area contributed by atoms with E-state index in [0.29, 0.717) is 0 Å². The molecule has 0 saturated carbocycles. The van der Waals surface area contributed by atoms with Crippen LogP contribution in [0, 0.1) is 0 Å². The zero-order chi connectivity index (χ0) is 13.7. The van der Waals surface area contributed by atoms with E-state index in [1.165, 1.54) is 0 Å². The summed E-state index contributed by atoms with van der Waals surface area (Å²) < 4.78 is 0. The van der Waals surface area contributed by atoms with Crippen molar-refractivity contribution in [3.8, 4) is 0 Å². The van der Waals surface area contributed by atoms with Gasteiger partial charge in [-0.25, -0.2) is 0 Å². The minimum Gasteiger partial charge on any atom is -0.854 e. The first kappa shape index (κ1) is 36.8. The Kier molecular flexibility index (Phi) is 126. The van der Waals surface area contributed by atoms with Crippen molar-refractivity contribution in [2.24, 2.45) is 0 Å². The SMILES string of the molecule is CCC[O-].CCC[O-].CCC[O-].CCC[O-].[Ca+2].[Mg+2]. The van der Waals surface area contributed by atoms with Gasteiger partial charge in [0.2, 0.25) is 0 Å². The summed E-state index contributed by atoms with van der Waals surface area (Å²) in [6, 6.07) is 0. The van der Waals surface area contributed by atoms with E-state index >= 15 is 0 Å². The minimum absolute atomic E-state index is 0. The van der Waals surface area contributed by atoms with Crippen LogP contribution in [0.4, 0.5) is 0 Å². The van der Waals surface area contributed by atoms with E-state index in [0.717, 1.165) is 25.7 Å². The maximum absolute atomic E-state index is 9.30. The second-order valence-corrected chi connectivity index (χ2v) is 2.82. The number of hydrogen-bond donors (Lipinski definition) is 0. The molecule has 0 saturated heterocycles. The molecule has 0 aromatic heterocycles. The van der Waals surface area contributed by atoms with Gasteiger partial charge in [-0.15, -0.1) is 26.4 Å². The van der Waals surface area contributed by atoms with Crippen LogP contribution >= 0.6 is 0 Å². The first-order valence-electron chi connectivity index (χ1n) is 5.98. The monoisotopic (exact) mass is 300 g/mol. The average molecular weight is 301 g/mol. The Balaban J connectivity index is -0.0000000257. The number of rotatable bonds is 4. The Morgan fingerprint density at radius 3 is 0.556 bits per heavy atom. The van der Waals surface area contributed by atoms with E-state index in [1.54, 1.807) is 0 Å². The summed E-state index contributed by atoms with van der Waals surface area (Å²) in [5.74, 6) is 0. The van der Waals surface area contributed by atoms with Gasteiger partial charge in [0.25, 0.3) is 0 Å². The fourth-order valence-corrected chi connectivity index (χ4v) is 0. The van der Waals surface area contributed by atoms with Crippen LogP contribution in [0.3, 0.4) is 0 Å². The second-order valence-electron chi connectivity index (χ2n) is 2.82. The first-order valence-corrected chi connectivity index (χ1v) is 5.98. The normalized spacial score (nSPS) is 6.67. The van der Waals surface area contributed by atoms with Gasteiger partial charge < -0.3 is 20.4 Å². The van der Waals surface area contributed by atoms with Crippen molar-refractivity contribution in [2.75, 3.05) is 26.4 Å². The first-order chi connectivity index (χ1) is 7.66. The van der Waals surface area contributed by atoms with Crippen LogP contribution in [-0.2, 0) is 0 Å². The van der Waals surface area contributed by atoms with Gasteiger partial charge in [0.05, 0.1) is 0 Å². The van der Waals surface area contributed by atoms with Crippen molar-refractivity contribution in [1.82, 2.24) is 0 Å². The van der Waals surface area contributed by atoms with Gasteiger partial charge >= 0.3 is 60.8 Å². The summed E-state index contributed by atoms with van der Waals surface area (Å²) in [4.78, 5) is 0. The molecule has 0 unspecified atom stereocenters. The third-order valence-electron chi connectivity index (χ3n) is 0.816. The molecule has 0 aliphatic carbocycles. The Bertz CT molecular complexity index is 48.0. The van der Waals surface area contributed by atoms with Gasteiger partial charge in [-0.3, -0.25) is 0 Å². The molecular formula is C12H28CaMgO4. The smallest absolute Gasteiger partial charge is 0.854 e. The van der Waals surface area contributed by atoms with Crippen molar-refractivity contribution in [3.63, 3.8) is 0 Å². The van der Waals surface area contributed by atoms with Crippen LogP contribution < -0.4 is 20.4 Å². The summed E-state index contributed by atoms with van der Waals surface area (Å²) in [7, 11) is 0. The molecule has 0 radical (unpaired) electrons. The van der Waals surface area contributed by atoms with Gasteiger partial charge in [-0.1, -0.05) is 53.4 Å². The predicted molar refractivity (Wildman–Crippen MR) is 72.1 cm³/mol. The van der Waals surface area contributed by atoms with E-state index in [2.05, 4.69) is 0 Å². The van der Waals surface area contributed by atoms with Gasteiger partial charge in [0, 0.05) is 0 Å². The van der Waals surface area contributed by atoms with E-state index in [1.807, 2.05) is 27.7 Å². The molecule has 6 heteroatoms. The largest absolute Gasteiger partial charge is 2.00 e. The van der Waals surface area contributed by atoms with Crippen molar-refractivity contribution in [2.45, 2.75) is 53.4 Å². The molecule has 0 spiro atoms. The second kappa shape index (κ2) is 61.9. The summed E-state index contributed by atoms with van der Waals surface area (Å²) in [5, 5.41) is 37.2. The van der Waals surface area contributed by atoms with Gasteiger partial charge in [-0.05, 0) is 0 Å². The van der Waals surface area contributed by atoms with Crippen molar-refractivity contribution >= 4 is 60.8 Å². The van der Waals surface area contributed by atoms with E-state index in [-0.39, 0.29) is 87.2 Å². The summed E-state index contributed by atoms with van der Waals surface area (Å²) in [6.07, 6.45) is 3.06. The van der Waals surface area contributed by atoms with Gasteiger partial charge in [0.15, 0.2) is 0 Å². The summed E-state index contributed by atoms with van der Waals surface area (Å²) >= 11 is 0. The third-order valence-corrected chi connectivity index (χ3v) is 0.816. The molecule has 0 bridgehead atoms. The van der Waals surface area contributed by atoms with Crippen LogP contribution in [0.15, 0.2) is 0 Å². The van der Waals surface area contributed by atoms with E-state index < -0.39 is 0 Å². The fraction of sp³-hybridized carbons (Fsp3) is 1.00. The summed E-state index contributed by atoms with van der Waals surface area (Å²) in [6.45, 7) is 7.75. The van der Waals surface area contributed by atoms with Crippen LogP contribution in [0.25, 0.3) is 0 Å². The zero-order valence-electron chi connectivity index (χ0n) is 12.7. The standard InChI is InChI=1S/4C3H7O.Ca.Mg/c4*1-2-3-4;;/h4*2-3H2,1H3;;/q4*-1;2*+2. The topological polar surface area (TPSA) is 92.2 Å². The minimum atomic E-state index is 0. The Hall–Kier alpha value is 1.87. The fourth-order valence-electron chi connectivity index (χ4n) is 0. The average Bonchev–Trinajstić information content (AvgIpc) is 2.39. The molecule has 0 rings (SSSR count). The zero-order valence-corrected chi connectivity index (χ0v) is 16.3. The molecule has 0 amide bonds. The number of hydrogen-bond acceptors (Lipinski definition) is 4. The Morgan fingerprint density at radius 2 is 0.556 bits per heavy atom. The van der Waals surface area contributed by atoms with Crippen LogP contribution in [0.5, 0.6) is 0 Å². The molecule has 0 aromatic rings. The van der Waals surface area contributed by atoms with Crippen LogP contribution in [0.2, 0.25) is 0 Å². The van der Waals surface area contributed by atoms with Gasteiger partial charge in [0.1, 0.15) is 0 Å². The molecule has 0 fully saturated rings. The van der Waals surface area contributed by atoms with E-state index in [9.17, 15) is 20.4 Å².